The summed E-state index contributed by atoms with van der Waals surface area (Å²) in [6.07, 6.45) is 2.44. The standard InChI is InChI=1S/C12H11NO2/c1-7-3-9(6-14)12-10(8(2)15)5-13-11(12)4-7/h3-6,13H,1-2H3. The second-order valence-corrected chi connectivity index (χ2v) is 3.65. The minimum Gasteiger partial charge on any atom is -0.360 e. The Morgan fingerprint density at radius 1 is 1.40 bits per heavy atom. The van der Waals surface area contributed by atoms with Crippen LogP contribution in [0.25, 0.3) is 10.9 Å². The van der Waals surface area contributed by atoms with Crippen molar-refractivity contribution in [3.05, 3.63) is 35.0 Å². The maximum Gasteiger partial charge on any atom is 0.161 e. The van der Waals surface area contributed by atoms with Gasteiger partial charge in [0, 0.05) is 28.2 Å². The number of hydrogen-bond donors (Lipinski definition) is 1. The number of aldehydes is 1. The Bertz CT molecular complexity index is 552. The Morgan fingerprint density at radius 2 is 2.13 bits per heavy atom. The van der Waals surface area contributed by atoms with Gasteiger partial charge in [-0.1, -0.05) is 0 Å². The number of carbonyl (C=O) groups is 2. The van der Waals surface area contributed by atoms with E-state index in [0.29, 0.717) is 11.1 Å². The Kier molecular flexibility index (Phi) is 2.15. The lowest BCUT2D eigenvalue weighted by Gasteiger charge is -1.99. The van der Waals surface area contributed by atoms with E-state index in [-0.39, 0.29) is 5.78 Å². The van der Waals surface area contributed by atoms with E-state index in [1.165, 1.54) is 6.92 Å². The van der Waals surface area contributed by atoms with Crippen LogP contribution in [0.1, 0.15) is 33.2 Å². The van der Waals surface area contributed by atoms with Crippen molar-refractivity contribution in [2.45, 2.75) is 13.8 Å². The summed E-state index contributed by atoms with van der Waals surface area (Å²) in [7, 11) is 0. The smallest absolute Gasteiger partial charge is 0.161 e. The number of Topliss-reactive ketones (excluding diaryl/α,β-unsaturated/α-hetero) is 1. The van der Waals surface area contributed by atoms with Crippen LogP contribution in [0, 0.1) is 6.92 Å². The summed E-state index contributed by atoms with van der Waals surface area (Å²) in [4.78, 5) is 25.3. The first kappa shape index (κ1) is 9.65. The van der Waals surface area contributed by atoms with Crippen LogP contribution in [0.3, 0.4) is 0 Å². The molecule has 0 atom stereocenters. The molecule has 0 unspecified atom stereocenters. The predicted molar refractivity (Wildman–Crippen MR) is 58.4 cm³/mol. The van der Waals surface area contributed by atoms with Crippen LogP contribution in [-0.4, -0.2) is 17.1 Å². The first-order valence-electron chi connectivity index (χ1n) is 4.71. The molecule has 0 aliphatic carbocycles. The topological polar surface area (TPSA) is 49.9 Å². The van der Waals surface area contributed by atoms with E-state index >= 15 is 0 Å². The molecule has 1 N–H and O–H groups in total. The van der Waals surface area contributed by atoms with Gasteiger partial charge in [0.1, 0.15) is 0 Å². The molecule has 0 saturated heterocycles. The summed E-state index contributed by atoms with van der Waals surface area (Å²) in [6.45, 7) is 3.41. The second-order valence-electron chi connectivity index (χ2n) is 3.65. The third-order valence-electron chi connectivity index (χ3n) is 2.46. The monoisotopic (exact) mass is 201 g/mol. The van der Waals surface area contributed by atoms with E-state index in [2.05, 4.69) is 4.98 Å². The molecule has 0 aliphatic heterocycles. The van der Waals surface area contributed by atoms with Crippen molar-refractivity contribution in [3.8, 4) is 0 Å². The number of nitrogens with one attached hydrogen (secondary N) is 1. The number of aromatic nitrogens is 1. The maximum atomic E-state index is 11.3. The maximum absolute atomic E-state index is 11.3. The fourth-order valence-electron chi connectivity index (χ4n) is 1.82. The predicted octanol–water partition coefficient (Wildman–Crippen LogP) is 2.49. The van der Waals surface area contributed by atoms with E-state index in [1.54, 1.807) is 12.3 Å². The number of carbonyl (C=O) groups excluding carboxylic acids is 2. The number of rotatable bonds is 2. The minimum atomic E-state index is -0.0341. The molecule has 0 amide bonds. The fourth-order valence-corrected chi connectivity index (χ4v) is 1.82. The van der Waals surface area contributed by atoms with Crippen LogP contribution in [-0.2, 0) is 0 Å². The first-order chi connectivity index (χ1) is 7.13. The molecule has 0 fully saturated rings. The molecule has 0 saturated carbocycles. The number of ketones is 1. The number of hydrogen-bond acceptors (Lipinski definition) is 2. The third kappa shape index (κ3) is 1.46. The van der Waals surface area contributed by atoms with Gasteiger partial charge in [-0.15, -0.1) is 0 Å². The van der Waals surface area contributed by atoms with Crippen molar-refractivity contribution >= 4 is 23.0 Å². The molecule has 1 heterocycles. The lowest BCUT2D eigenvalue weighted by Crippen LogP contribution is -1.92. The molecule has 0 spiro atoms. The first-order valence-corrected chi connectivity index (χ1v) is 4.71. The Morgan fingerprint density at radius 3 is 2.73 bits per heavy atom. The summed E-state index contributed by atoms with van der Waals surface area (Å²) in [6, 6.07) is 3.71. The molecular weight excluding hydrogens is 190 g/mol. The van der Waals surface area contributed by atoms with Gasteiger partial charge in [-0.05, 0) is 31.5 Å². The molecule has 3 heteroatoms. The summed E-state index contributed by atoms with van der Waals surface area (Å²) < 4.78 is 0. The fraction of sp³-hybridized carbons (Fsp3) is 0.167. The number of aromatic amines is 1. The van der Waals surface area contributed by atoms with Gasteiger partial charge in [0.25, 0.3) is 0 Å². The summed E-state index contributed by atoms with van der Waals surface area (Å²) in [5.41, 5.74) is 2.98. The number of aryl methyl sites for hydroxylation is 1. The second kappa shape index (κ2) is 3.35. The zero-order valence-corrected chi connectivity index (χ0v) is 8.63. The number of benzene rings is 1. The third-order valence-corrected chi connectivity index (χ3v) is 2.46. The average Bonchev–Trinajstić information content (AvgIpc) is 2.59. The van der Waals surface area contributed by atoms with Gasteiger partial charge in [-0.25, -0.2) is 0 Å². The summed E-state index contributed by atoms with van der Waals surface area (Å²) in [5.74, 6) is -0.0341. The lowest BCUT2D eigenvalue weighted by molar-refractivity contribution is 0.101. The highest BCUT2D eigenvalue weighted by molar-refractivity contribution is 6.12. The van der Waals surface area contributed by atoms with Gasteiger partial charge in [-0.3, -0.25) is 9.59 Å². The van der Waals surface area contributed by atoms with Crippen LogP contribution in [0.15, 0.2) is 18.3 Å². The van der Waals surface area contributed by atoms with Gasteiger partial charge in [0.15, 0.2) is 12.1 Å². The van der Waals surface area contributed by atoms with E-state index in [4.69, 9.17) is 0 Å². The quantitative estimate of drug-likeness (QED) is 0.599. The summed E-state index contributed by atoms with van der Waals surface area (Å²) >= 11 is 0. The Hall–Kier alpha value is -1.90. The molecule has 1 aromatic carbocycles. The SMILES string of the molecule is CC(=O)c1c[nH]c2cc(C)cc(C=O)c12. The number of fused-ring (bicyclic) bond motifs is 1. The van der Waals surface area contributed by atoms with Gasteiger partial charge in [0.05, 0.1) is 0 Å². The van der Waals surface area contributed by atoms with Gasteiger partial charge >= 0.3 is 0 Å². The van der Waals surface area contributed by atoms with Crippen molar-refractivity contribution in [2.24, 2.45) is 0 Å². The van der Waals surface area contributed by atoms with Gasteiger partial charge in [0.2, 0.25) is 0 Å². The summed E-state index contributed by atoms with van der Waals surface area (Å²) in [5, 5.41) is 0.725. The van der Waals surface area contributed by atoms with Crippen molar-refractivity contribution in [3.63, 3.8) is 0 Å². The number of H-pyrrole nitrogens is 1. The lowest BCUT2D eigenvalue weighted by atomic mass is 10.0. The van der Waals surface area contributed by atoms with Crippen LogP contribution >= 0.6 is 0 Å². The van der Waals surface area contributed by atoms with Gasteiger partial charge < -0.3 is 4.98 Å². The highest BCUT2D eigenvalue weighted by Gasteiger charge is 2.11. The molecule has 0 bridgehead atoms. The van der Waals surface area contributed by atoms with Crippen LogP contribution in [0.2, 0.25) is 0 Å². The van der Waals surface area contributed by atoms with Crippen LogP contribution < -0.4 is 0 Å². The largest absolute Gasteiger partial charge is 0.360 e. The zero-order valence-electron chi connectivity index (χ0n) is 8.63. The Labute approximate surface area is 87.1 Å². The molecule has 15 heavy (non-hydrogen) atoms. The molecule has 0 radical (unpaired) electrons. The van der Waals surface area contributed by atoms with E-state index in [1.807, 2.05) is 13.0 Å². The van der Waals surface area contributed by atoms with Gasteiger partial charge in [-0.2, -0.15) is 0 Å². The zero-order chi connectivity index (χ0) is 11.0. The average molecular weight is 201 g/mol. The van der Waals surface area contributed by atoms with E-state index < -0.39 is 0 Å². The van der Waals surface area contributed by atoms with Crippen molar-refractivity contribution < 1.29 is 9.59 Å². The van der Waals surface area contributed by atoms with Crippen LogP contribution in [0.4, 0.5) is 0 Å². The van der Waals surface area contributed by atoms with E-state index in [0.717, 1.165) is 22.8 Å². The van der Waals surface area contributed by atoms with Crippen molar-refractivity contribution in [2.75, 3.05) is 0 Å². The highest BCUT2D eigenvalue weighted by atomic mass is 16.1. The van der Waals surface area contributed by atoms with E-state index in [9.17, 15) is 9.59 Å². The minimum absolute atomic E-state index is 0.0341. The molecule has 2 aromatic rings. The molecule has 76 valence electrons. The molecular formula is C12H11NO2. The normalized spacial score (nSPS) is 10.5. The molecule has 2 rings (SSSR count). The molecule has 1 aromatic heterocycles. The van der Waals surface area contributed by atoms with Crippen LogP contribution in [0.5, 0.6) is 0 Å². The Balaban J connectivity index is 2.89. The van der Waals surface area contributed by atoms with Crippen molar-refractivity contribution in [1.82, 2.24) is 4.98 Å². The molecule has 0 aliphatic rings. The molecule has 3 nitrogen and oxygen atoms in total. The van der Waals surface area contributed by atoms with Crippen molar-refractivity contribution in [1.29, 1.82) is 0 Å². The highest BCUT2D eigenvalue weighted by Crippen LogP contribution is 2.23.